The van der Waals surface area contributed by atoms with E-state index in [-0.39, 0.29) is 5.91 Å². The second-order valence-electron chi connectivity index (χ2n) is 4.61. The van der Waals surface area contributed by atoms with Gasteiger partial charge in [-0.15, -0.1) is 11.3 Å². The van der Waals surface area contributed by atoms with Crippen LogP contribution in [0.2, 0.25) is 0 Å². The van der Waals surface area contributed by atoms with Gasteiger partial charge in [0.2, 0.25) is 0 Å². The smallest absolute Gasteiger partial charge is 0.273 e. The molecule has 0 unspecified atom stereocenters. The molecular formula is C14H13BrN2OS. The van der Waals surface area contributed by atoms with Gasteiger partial charge in [0.1, 0.15) is 5.69 Å². The largest absolute Gasteiger partial charge is 0.329 e. The zero-order valence-electron chi connectivity index (χ0n) is 10.3. The van der Waals surface area contributed by atoms with Crippen LogP contribution in [0.1, 0.15) is 28.2 Å². The first-order chi connectivity index (χ1) is 9.24. The molecule has 0 radical (unpaired) electrons. The Morgan fingerprint density at radius 1 is 1.42 bits per heavy atom. The van der Waals surface area contributed by atoms with Gasteiger partial charge < -0.3 is 4.90 Å². The van der Waals surface area contributed by atoms with E-state index in [1.165, 1.54) is 4.88 Å². The average molecular weight is 337 g/mol. The molecule has 1 amide bonds. The summed E-state index contributed by atoms with van der Waals surface area (Å²) in [6, 6.07) is 8.11. The molecule has 0 aliphatic heterocycles. The van der Waals surface area contributed by atoms with Crippen molar-refractivity contribution in [3.05, 3.63) is 50.9 Å². The lowest BCUT2D eigenvalue weighted by Crippen LogP contribution is -2.32. The van der Waals surface area contributed by atoms with Crippen molar-refractivity contribution in [3.63, 3.8) is 0 Å². The van der Waals surface area contributed by atoms with Gasteiger partial charge in [-0.25, -0.2) is 4.98 Å². The third-order valence-corrected chi connectivity index (χ3v) is 4.43. The third kappa shape index (κ3) is 3.04. The van der Waals surface area contributed by atoms with Crippen LogP contribution in [0.5, 0.6) is 0 Å². The number of rotatable bonds is 4. The minimum Gasteiger partial charge on any atom is -0.329 e. The van der Waals surface area contributed by atoms with Gasteiger partial charge in [0.25, 0.3) is 5.91 Å². The van der Waals surface area contributed by atoms with Crippen molar-refractivity contribution in [2.24, 2.45) is 0 Å². The fraction of sp³-hybridized carbons (Fsp3) is 0.286. The summed E-state index contributed by atoms with van der Waals surface area (Å²) in [5.74, 6) is 0.0309. The molecule has 3 rings (SSSR count). The second-order valence-corrected chi connectivity index (χ2v) is 6.55. The third-order valence-electron chi connectivity index (χ3n) is 3.10. The molecule has 2 heterocycles. The van der Waals surface area contributed by atoms with Crippen molar-refractivity contribution in [2.45, 2.75) is 25.4 Å². The Bertz CT molecular complexity index is 564. The molecule has 0 aromatic carbocycles. The fourth-order valence-electron chi connectivity index (χ4n) is 1.97. The molecule has 1 aliphatic carbocycles. The van der Waals surface area contributed by atoms with E-state index in [0.717, 1.165) is 17.3 Å². The van der Waals surface area contributed by atoms with E-state index in [4.69, 9.17) is 0 Å². The lowest BCUT2D eigenvalue weighted by atomic mass is 10.3. The molecule has 2 aromatic rings. The molecule has 98 valence electrons. The zero-order chi connectivity index (χ0) is 13.2. The van der Waals surface area contributed by atoms with Gasteiger partial charge in [0.15, 0.2) is 0 Å². The van der Waals surface area contributed by atoms with Gasteiger partial charge in [0.05, 0.1) is 6.54 Å². The van der Waals surface area contributed by atoms with Crippen LogP contribution in [-0.4, -0.2) is 21.8 Å². The van der Waals surface area contributed by atoms with Crippen LogP contribution >= 0.6 is 27.3 Å². The summed E-state index contributed by atoms with van der Waals surface area (Å²) in [6.07, 6.45) is 3.88. The number of thiophene rings is 1. The summed E-state index contributed by atoms with van der Waals surface area (Å²) in [6.45, 7) is 0.693. The van der Waals surface area contributed by atoms with Gasteiger partial charge >= 0.3 is 0 Å². The Labute approximate surface area is 124 Å². The van der Waals surface area contributed by atoms with Crippen LogP contribution in [0.25, 0.3) is 0 Å². The van der Waals surface area contributed by atoms with Crippen LogP contribution in [0, 0.1) is 0 Å². The molecule has 0 N–H and O–H groups in total. The standard InChI is InChI=1S/C14H13BrN2OS/c15-10-3-6-13(16-8-10)14(18)17(11-4-5-11)9-12-2-1-7-19-12/h1-3,6-8,11H,4-5,9H2. The maximum atomic E-state index is 12.5. The van der Waals surface area contributed by atoms with Crippen LogP contribution in [0.15, 0.2) is 40.3 Å². The number of carbonyl (C=O) groups is 1. The summed E-state index contributed by atoms with van der Waals surface area (Å²) >= 11 is 5.03. The number of hydrogen-bond acceptors (Lipinski definition) is 3. The molecule has 0 atom stereocenters. The minimum atomic E-state index is 0.0309. The quantitative estimate of drug-likeness (QED) is 0.852. The molecule has 3 nitrogen and oxygen atoms in total. The Balaban J connectivity index is 1.79. The van der Waals surface area contributed by atoms with E-state index in [2.05, 4.69) is 27.0 Å². The highest BCUT2D eigenvalue weighted by atomic mass is 79.9. The maximum Gasteiger partial charge on any atom is 0.273 e. The van der Waals surface area contributed by atoms with Crippen molar-refractivity contribution < 1.29 is 4.79 Å². The van der Waals surface area contributed by atoms with Crippen molar-refractivity contribution in [1.82, 2.24) is 9.88 Å². The molecule has 0 spiro atoms. The molecule has 0 bridgehead atoms. The number of nitrogens with zero attached hydrogens (tertiary/aromatic N) is 2. The second kappa shape index (κ2) is 5.43. The maximum absolute atomic E-state index is 12.5. The molecule has 5 heteroatoms. The van der Waals surface area contributed by atoms with Gasteiger partial charge in [-0.3, -0.25) is 4.79 Å². The summed E-state index contributed by atoms with van der Waals surface area (Å²) in [4.78, 5) is 19.9. The fourth-order valence-corrected chi connectivity index (χ4v) is 2.91. The molecule has 2 aromatic heterocycles. The number of halogens is 1. The molecule has 1 saturated carbocycles. The van der Waals surface area contributed by atoms with E-state index >= 15 is 0 Å². The number of carbonyl (C=O) groups excluding carboxylic acids is 1. The topological polar surface area (TPSA) is 33.2 Å². The van der Waals surface area contributed by atoms with Crippen molar-refractivity contribution in [1.29, 1.82) is 0 Å². The van der Waals surface area contributed by atoms with Gasteiger partial charge in [-0.05, 0) is 52.4 Å². The first-order valence-corrected chi connectivity index (χ1v) is 7.86. The minimum absolute atomic E-state index is 0.0309. The molecule has 1 fully saturated rings. The lowest BCUT2D eigenvalue weighted by Gasteiger charge is -2.21. The Morgan fingerprint density at radius 3 is 2.84 bits per heavy atom. The SMILES string of the molecule is O=C(c1ccc(Br)cn1)N(Cc1cccs1)C1CC1. The van der Waals surface area contributed by atoms with E-state index in [1.54, 1.807) is 23.6 Å². The highest BCUT2D eigenvalue weighted by Gasteiger charge is 2.33. The first kappa shape index (κ1) is 12.8. The number of hydrogen-bond donors (Lipinski definition) is 0. The van der Waals surface area contributed by atoms with Crippen LogP contribution in [0.3, 0.4) is 0 Å². The number of aromatic nitrogens is 1. The number of pyridine rings is 1. The van der Waals surface area contributed by atoms with E-state index in [1.807, 2.05) is 22.4 Å². The summed E-state index contributed by atoms with van der Waals surface area (Å²) in [5, 5.41) is 2.04. The van der Waals surface area contributed by atoms with E-state index < -0.39 is 0 Å². The highest BCUT2D eigenvalue weighted by molar-refractivity contribution is 9.10. The molecular weight excluding hydrogens is 324 g/mol. The Kier molecular flexibility index (Phi) is 3.66. The van der Waals surface area contributed by atoms with Gasteiger partial charge in [-0.2, -0.15) is 0 Å². The van der Waals surface area contributed by atoms with Crippen LogP contribution in [0.4, 0.5) is 0 Å². The highest BCUT2D eigenvalue weighted by Crippen LogP contribution is 2.30. The van der Waals surface area contributed by atoms with Crippen molar-refractivity contribution >= 4 is 33.2 Å². The normalized spacial score (nSPS) is 14.4. The van der Waals surface area contributed by atoms with Crippen LogP contribution < -0.4 is 0 Å². The first-order valence-electron chi connectivity index (χ1n) is 6.19. The van der Waals surface area contributed by atoms with Crippen molar-refractivity contribution in [2.75, 3.05) is 0 Å². The Morgan fingerprint density at radius 2 is 2.26 bits per heavy atom. The van der Waals surface area contributed by atoms with Crippen LogP contribution in [-0.2, 0) is 6.54 Å². The summed E-state index contributed by atoms with van der Waals surface area (Å²) in [5.41, 5.74) is 0.520. The molecule has 19 heavy (non-hydrogen) atoms. The molecule has 0 saturated heterocycles. The zero-order valence-corrected chi connectivity index (χ0v) is 12.7. The summed E-state index contributed by atoms with van der Waals surface area (Å²) in [7, 11) is 0. The number of amides is 1. The van der Waals surface area contributed by atoms with E-state index in [0.29, 0.717) is 18.3 Å². The summed E-state index contributed by atoms with van der Waals surface area (Å²) < 4.78 is 0.889. The van der Waals surface area contributed by atoms with E-state index in [9.17, 15) is 4.79 Å². The molecule has 1 aliphatic rings. The Hall–Kier alpha value is -1.20. The monoisotopic (exact) mass is 336 g/mol. The average Bonchev–Trinajstić information content (AvgIpc) is 3.13. The van der Waals surface area contributed by atoms with Crippen molar-refractivity contribution in [3.8, 4) is 0 Å². The lowest BCUT2D eigenvalue weighted by molar-refractivity contribution is 0.0725. The predicted octanol–water partition coefficient (Wildman–Crippen LogP) is 3.71. The van der Waals surface area contributed by atoms with Gasteiger partial charge in [-0.1, -0.05) is 6.07 Å². The van der Waals surface area contributed by atoms with Gasteiger partial charge in [0, 0.05) is 21.6 Å². The predicted molar refractivity (Wildman–Crippen MR) is 79.2 cm³/mol.